The first kappa shape index (κ1) is 22.9. The molecule has 0 aliphatic carbocycles. The maximum Gasteiger partial charge on any atom is 0.414 e. The minimum absolute atomic E-state index is 0.103. The summed E-state index contributed by atoms with van der Waals surface area (Å²) < 4.78 is 25.1. The van der Waals surface area contributed by atoms with Crippen LogP contribution >= 0.6 is 24.0 Å². The highest BCUT2D eigenvalue weighted by Gasteiger charge is 2.34. The first-order valence-corrected chi connectivity index (χ1v) is 11.9. The fraction of sp³-hybridized carbons (Fsp3) is 0.550. The second-order valence-electron chi connectivity index (χ2n) is 7.64. The molecule has 3 fully saturated rings. The van der Waals surface area contributed by atoms with E-state index in [1.54, 1.807) is 23.9 Å². The Kier molecular flexibility index (Phi) is 7.21. The Labute approximate surface area is 195 Å². The third-order valence-electron chi connectivity index (χ3n) is 5.65. The number of hydrogen-bond acceptors (Lipinski definition) is 8. The van der Waals surface area contributed by atoms with Crippen LogP contribution in [0.3, 0.4) is 0 Å². The molecule has 0 radical (unpaired) electrons. The average molecular weight is 484 g/mol. The van der Waals surface area contributed by atoms with E-state index in [1.165, 1.54) is 18.1 Å². The molecule has 0 bridgehead atoms. The topological polar surface area (TPSA) is 86.4 Å². The largest absolute Gasteiger partial charge is 0.474 e. The molecule has 1 aromatic rings. The van der Waals surface area contributed by atoms with Crippen LogP contribution in [-0.2, 0) is 14.3 Å². The lowest BCUT2D eigenvalue weighted by Gasteiger charge is -2.37. The first-order chi connectivity index (χ1) is 15.5. The molecule has 4 rings (SSSR count). The van der Waals surface area contributed by atoms with Gasteiger partial charge in [-0.2, -0.15) is 0 Å². The van der Waals surface area contributed by atoms with Crippen LogP contribution in [-0.4, -0.2) is 92.2 Å². The van der Waals surface area contributed by atoms with Gasteiger partial charge < -0.3 is 24.6 Å². The fourth-order valence-electron chi connectivity index (χ4n) is 3.95. The van der Waals surface area contributed by atoms with Gasteiger partial charge in [-0.15, -0.1) is 11.8 Å². The molecule has 1 unspecified atom stereocenters. The van der Waals surface area contributed by atoms with Crippen molar-refractivity contribution >= 4 is 52.5 Å². The predicted molar refractivity (Wildman–Crippen MR) is 125 cm³/mol. The van der Waals surface area contributed by atoms with Crippen molar-refractivity contribution in [1.29, 1.82) is 0 Å². The van der Waals surface area contributed by atoms with E-state index in [0.717, 1.165) is 12.3 Å². The number of cyclic esters (lactones) is 1. The number of rotatable bonds is 5. The molecule has 32 heavy (non-hydrogen) atoms. The lowest BCUT2D eigenvalue weighted by Crippen LogP contribution is -2.52. The van der Waals surface area contributed by atoms with Crippen molar-refractivity contribution in [2.24, 2.45) is 0 Å². The molecule has 3 aliphatic heterocycles. The third-order valence-corrected chi connectivity index (χ3v) is 7.10. The van der Waals surface area contributed by atoms with E-state index in [0.29, 0.717) is 44.1 Å². The second kappa shape index (κ2) is 10.1. The van der Waals surface area contributed by atoms with Gasteiger partial charge in [0.15, 0.2) is 0 Å². The van der Waals surface area contributed by atoms with Crippen LogP contribution in [0.5, 0.6) is 0 Å². The SMILES string of the molecule is COC(=S)NCC1CN(c2ccc(N3CCN(C(=O)[C@H]4NCCS4)CC3)c(F)c2)C(=O)O1. The minimum atomic E-state index is -0.530. The molecule has 0 spiro atoms. The molecule has 2 amide bonds. The van der Waals surface area contributed by atoms with E-state index >= 15 is 0 Å². The Morgan fingerprint density at radius 3 is 2.81 bits per heavy atom. The second-order valence-corrected chi connectivity index (χ2v) is 9.23. The number of thioether (sulfide) groups is 1. The van der Waals surface area contributed by atoms with E-state index in [1.807, 2.05) is 9.80 Å². The Morgan fingerprint density at radius 2 is 2.16 bits per heavy atom. The number of thiocarbonyl (C=S) groups is 1. The Hall–Kier alpha value is -2.31. The predicted octanol–water partition coefficient (Wildman–Crippen LogP) is 0.983. The highest BCUT2D eigenvalue weighted by atomic mass is 32.2. The quantitative estimate of drug-likeness (QED) is 0.596. The summed E-state index contributed by atoms with van der Waals surface area (Å²) in [6.45, 7) is 3.65. The molecular weight excluding hydrogens is 457 g/mol. The van der Waals surface area contributed by atoms with Gasteiger partial charge in [-0.05, 0) is 30.4 Å². The normalized spacial score (nSPS) is 23.3. The van der Waals surface area contributed by atoms with Crippen molar-refractivity contribution in [1.82, 2.24) is 15.5 Å². The van der Waals surface area contributed by atoms with Gasteiger partial charge in [-0.1, -0.05) is 0 Å². The Bertz CT molecular complexity index is 878. The number of halogens is 1. The summed E-state index contributed by atoms with van der Waals surface area (Å²) >= 11 is 6.55. The highest BCUT2D eigenvalue weighted by molar-refractivity contribution is 8.00. The lowest BCUT2D eigenvalue weighted by molar-refractivity contribution is -0.131. The summed E-state index contributed by atoms with van der Waals surface area (Å²) in [6.07, 6.45) is -0.950. The van der Waals surface area contributed by atoms with Crippen molar-refractivity contribution < 1.29 is 23.5 Å². The van der Waals surface area contributed by atoms with Crippen molar-refractivity contribution in [2.75, 3.05) is 68.5 Å². The number of piperazine rings is 1. The molecule has 0 saturated carbocycles. The number of nitrogens with zero attached hydrogens (tertiary/aromatic N) is 3. The molecule has 2 N–H and O–H groups in total. The number of anilines is 2. The van der Waals surface area contributed by atoms with E-state index in [9.17, 15) is 14.0 Å². The van der Waals surface area contributed by atoms with Crippen LogP contribution in [0.25, 0.3) is 0 Å². The van der Waals surface area contributed by atoms with Crippen LogP contribution < -0.4 is 20.4 Å². The molecule has 3 saturated heterocycles. The summed E-state index contributed by atoms with van der Waals surface area (Å²) in [5.74, 6) is 0.632. The van der Waals surface area contributed by atoms with Crippen LogP contribution in [0, 0.1) is 5.82 Å². The molecule has 3 heterocycles. The van der Waals surface area contributed by atoms with Crippen LogP contribution in [0.4, 0.5) is 20.6 Å². The Morgan fingerprint density at radius 1 is 1.38 bits per heavy atom. The average Bonchev–Trinajstić information content (AvgIpc) is 3.47. The number of ether oxygens (including phenoxy) is 2. The minimum Gasteiger partial charge on any atom is -0.474 e. The van der Waals surface area contributed by atoms with Crippen LogP contribution in [0.15, 0.2) is 18.2 Å². The van der Waals surface area contributed by atoms with Gasteiger partial charge in [0.25, 0.3) is 5.17 Å². The maximum absolute atomic E-state index is 15.0. The van der Waals surface area contributed by atoms with Gasteiger partial charge in [0.1, 0.15) is 17.3 Å². The number of amides is 2. The van der Waals surface area contributed by atoms with E-state index in [-0.39, 0.29) is 23.0 Å². The lowest BCUT2D eigenvalue weighted by atomic mass is 10.2. The maximum atomic E-state index is 15.0. The molecule has 9 nitrogen and oxygen atoms in total. The van der Waals surface area contributed by atoms with E-state index < -0.39 is 18.0 Å². The fourth-order valence-corrected chi connectivity index (χ4v) is 5.03. The van der Waals surface area contributed by atoms with Crippen molar-refractivity contribution in [2.45, 2.75) is 11.5 Å². The summed E-state index contributed by atoms with van der Waals surface area (Å²) in [5.41, 5.74) is 0.900. The number of hydrogen-bond donors (Lipinski definition) is 2. The zero-order valence-electron chi connectivity index (χ0n) is 17.7. The molecule has 0 aromatic heterocycles. The number of carbonyl (C=O) groups is 2. The zero-order chi connectivity index (χ0) is 22.7. The Balaban J connectivity index is 1.34. The molecule has 174 valence electrons. The third kappa shape index (κ3) is 5.02. The molecule has 3 aliphatic rings. The zero-order valence-corrected chi connectivity index (χ0v) is 19.3. The van der Waals surface area contributed by atoms with E-state index in [4.69, 9.17) is 21.7 Å². The van der Waals surface area contributed by atoms with Gasteiger partial charge >= 0.3 is 6.09 Å². The molecule has 1 aromatic carbocycles. The summed E-state index contributed by atoms with van der Waals surface area (Å²) in [7, 11) is 1.45. The number of carbonyl (C=O) groups excluding carboxylic acids is 2. The molecule has 2 atom stereocenters. The van der Waals surface area contributed by atoms with Crippen molar-refractivity contribution in [3.63, 3.8) is 0 Å². The van der Waals surface area contributed by atoms with Crippen molar-refractivity contribution in [3.05, 3.63) is 24.0 Å². The first-order valence-electron chi connectivity index (χ1n) is 10.4. The van der Waals surface area contributed by atoms with Crippen molar-refractivity contribution in [3.8, 4) is 0 Å². The number of methoxy groups -OCH3 is 1. The summed E-state index contributed by atoms with van der Waals surface area (Å²) in [6, 6.07) is 4.74. The van der Waals surface area contributed by atoms with Gasteiger partial charge in [0.2, 0.25) is 5.91 Å². The van der Waals surface area contributed by atoms with Gasteiger partial charge in [0, 0.05) is 38.5 Å². The van der Waals surface area contributed by atoms with Gasteiger partial charge in [-0.25, -0.2) is 9.18 Å². The molecular formula is C20H26FN5O4S2. The summed E-state index contributed by atoms with van der Waals surface area (Å²) in [4.78, 5) is 29.9. The highest BCUT2D eigenvalue weighted by Crippen LogP contribution is 2.29. The summed E-state index contributed by atoms with van der Waals surface area (Å²) in [5, 5.41) is 6.10. The van der Waals surface area contributed by atoms with Crippen LogP contribution in [0.1, 0.15) is 0 Å². The molecule has 12 heteroatoms. The van der Waals surface area contributed by atoms with E-state index in [2.05, 4.69) is 10.6 Å². The smallest absolute Gasteiger partial charge is 0.414 e. The van der Waals surface area contributed by atoms with Crippen LogP contribution in [0.2, 0.25) is 0 Å². The van der Waals surface area contributed by atoms with Gasteiger partial charge in [0.05, 0.1) is 31.6 Å². The number of benzene rings is 1. The van der Waals surface area contributed by atoms with Gasteiger partial charge in [-0.3, -0.25) is 15.0 Å². The standard InChI is InChI=1S/C20H26FN5O4S2/c1-29-19(31)23-11-14-12-26(20(28)30-14)13-2-3-16(15(21)10-13)24-5-7-25(8-6-24)18(27)17-22-4-9-32-17/h2-3,10,14,17,22H,4-9,11-12H2,1H3,(H,23,31)/t14?,17-/m0/s1. The monoisotopic (exact) mass is 483 g/mol. The number of nitrogens with one attached hydrogen (secondary N) is 2.